The van der Waals surface area contributed by atoms with Crippen molar-refractivity contribution in [3.63, 3.8) is 0 Å². The van der Waals surface area contributed by atoms with Crippen molar-refractivity contribution in [1.82, 2.24) is 15.2 Å². The predicted octanol–water partition coefficient (Wildman–Crippen LogP) is 2.90. The molecule has 0 atom stereocenters. The Hall–Kier alpha value is -1.65. The number of hydrogen-bond donors (Lipinski definition) is 1. The fraction of sp³-hybridized carbons (Fsp3) is 0.471. The molecule has 0 aliphatic heterocycles. The third-order valence-corrected chi connectivity index (χ3v) is 3.54. The van der Waals surface area contributed by atoms with Crippen molar-refractivity contribution >= 4 is 0 Å². The van der Waals surface area contributed by atoms with Crippen LogP contribution in [0.2, 0.25) is 0 Å². The molecule has 114 valence electrons. The highest BCUT2D eigenvalue weighted by Crippen LogP contribution is 2.07. The van der Waals surface area contributed by atoms with Crippen LogP contribution in [0.4, 0.5) is 0 Å². The molecule has 0 aliphatic rings. The van der Waals surface area contributed by atoms with Gasteiger partial charge in [-0.3, -0.25) is 0 Å². The summed E-state index contributed by atoms with van der Waals surface area (Å²) in [6.45, 7) is 7.67. The summed E-state index contributed by atoms with van der Waals surface area (Å²) < 4.78 is 5.54. The molecule has 0 spiro atoms. The minimum absolute atomic E-state index is 0.705. The van der Waals surface area contributed by atoms with Crippen LogP contribution in [-0.4, -0.2) is 30.0 Å². The zero-order chi connectivity index (χ0) is 15.1. The Bertz CT molecular complexity index is 517. The number of aryl methyl sites for hydroxylation is 2. The number of aromatic nitrogens is 1. The van der Waals surface area contributed by atoms with Crippen LogP contribution in [0.25, 0.3) is 0 Å². The van der Waals surface area contributed by atoms with Crippen molar-refractivity contribution in [3.05, 3.63) is 53.2 Å². The topological polar surface area (TPSA) is 41.3 Å². The molecule has 0 unspecified atom stereocenters. The Morgan fingerprint density at radius 2 is 1.95 bits per heavy atom. The quantitative estimate of drug-likeness (QED) is 0.758. The third-order valence-electron chi connectivity index (χ3n) is 3.54. The molecule has 0 amide bonds. The van der Waals surface area contributed by atoms with Gasteiger partial charge in [-0.1, -0.05) is 30.3 Å². The van der Waals surface area contributed by atoms with Crippen LogP contribution in [0.15, 0.2) is 34.7 Å². The molecule has 2 rings (SSSR count). The Morgan fingerprint density at radius 1 is 1.19 bits per heavy atom. The van der Waals surface area contributed by atoms with E-state index in [2.05, 4.69) is 52.6 Å². The number of benzene rings is 1. The second-order valence-corrected chi connectivity index (χ2v) is 5.50. The zero-order valence-electron chi connectivity index (χ0n) is 13.2. The average Bonchev–Trinajstić information content (AvgIpc) is 2.78. The van der Waals surface area contributed by atoms with E-state index >= 15 is 0 Å². The lowest BCUT2D eigenvalue weighted by Crippen LogP contribution is -2.23. The number of hydrogen-bond acceptors (Lipinski definition) is 4. The van der Waals surface area contributed by atoms with Crippen molar-refractivity contribution in [3.8, 4) is 0 Å². The summed E-state index contributed by atoms with van der Waals surface area (Å²) in [7, 11) is 2.16. The van der Waals surface area contributed by atoms with Gasteiger partial charge in [0.2, 0.25) is 5.89 Å². The van der Waals surface area contributed by atoms with Gasteiger partial charge < -0.3 is 14.6 Å². The maximum Gasteiger partial charge on any atom is 0.208 e. The normalized spacial score (nSPS) is 11.2. The molecule has 0 aliphatic carbocycles. The lowest BCUT2D eigenvalue weighted by Gasteiger charge is -2.16. The SMILES string of the molecule is Cc1nc(CNCCCN(C)Cc2ccccc2)oc1C. The second kappa shape index (κ2) is 7.96. The van der Waals surface area contributed by atoms with Crippen LogP contribution in [-0.2, 0) is 13.1 Å². The van der Waals surface area contributed by atoms with Gasteiger partial charge in [-0.2, -0.15) is 0 Å². The molecule has 2 aromatic rings. The van der Waals surface area contributed by atoms with Crippen molar-refractivity contribution in [2.24, 2.45) is 0 Å². The molecule has 0 bridgehead atoms. The zero-order valence-corrected chi connectivity index (χ0v) is 13.2. The van der Waals surface area contributed by atoms with E-state index < -0.39 is 0 Å². The minimum Gasteiger partial charge on any atom is -0.444 e. The van der Waals surface area contributed by atoms with Gasteiger partial charge in [-0.25, -0.2) is 4.98 Å². The Labute approximate surface area is 127 Å². The summed E-state index contributed by atoms with van der Waals surface area (Å²) >= 11 is 0. The largest absolute Gasteiger partial charge is 0.444 e. The van der Waals surface area contributed by atoms with Crippen LogP contribution in [0.1, 0.15) is 29.3 Å². The first kappa shape index (κ1) is 15.7. The molecule has 1 aromatic heterocycles. The molecule has 4 heteroatoms. The van der Waals surface area contributed by atoms with Crippen molar-refractivity contribution < 1.29 is 4.42 Å². The second-order valence-electron chi connectivity index (χ2n) is 5.50. The van der Waals surface area contributed by atoms with E-state index in [1.165, 1.54) is 5.56 Å². The first-order chi connectivity index (χ1) is 10.1. The van der Waals surface area contributed by atoms with Crippen LogP contribution in [0.3, 0.4) is 0 Å². The Balaban J connectivity index is 1.59. The van der Waals surface area contributed by atoms with Gasteiger partial charge in [0.05, 0.1) is 12.2 Å². The molecule has 1 heterocycles. The van der Waals surface area contributed by atoms with Gasteiger partial charge >= 0.3 is 0 Å². The fourth-order valence-electron chi connectivity index (χ4n) is 2.26. The number of nitrogens with one attached hydrogen (secondary N) is 1. The summed E-state index contributed by atoms with van der Waals surface area (Å²) in [6.07, 6.45) is 1.11. The molecule has 1 aromatic carbocycles. The van der Waals surface area contributed by atoms with Gasteiger partial charge in [-0.05, 0) is 46.0 Å². The summed E-state index contributed by atoms with van der Waals surface area (Å²) in [5, 5.41) is 3.38. The summed E-state index contributed by atoms with van der Waals surface area (Å²) in [5.74, 6) is 1.69. The standard InChI is InChI=1S/C17H25N3O/c1-14-15(2)21-17(19-14)12-18-10-7-11-20(3)13-16-8-5-4-6-9-16/h4-6,8-9,18H,7,10-13H2,1-3H3. The van der Waals surface area contributed by atoms with Gasteiger partial charge in [0.15, 0.2) is 0 Å². The van der Waals surface area contributed by atoms with E-state index in [0.29, 0.717) is 6.54 Å². The third kappa shape index (κ3) is 5.33. The van der Waals surface area contributed by atoms with Gasteiger partial charge in [0.1, 0.15) is 5.76 Å². The highest BCUT2D eigenvalue weighted by Gasteiger charge is 2.04. The van der Waals surface area contributed by atoms with Crippen LogP contribution >= 0.6 is 0 Å². The molecule has 4 nitrogen and oxygen atoms in total. The molecule has 0 saturated heterocycles. The Morgan fingerprint density at radius 3 is 2.62 bits per heavy atom. The van der Waals surface area contributed by atoms with E-state index in [1.807, 2.05) is 13.8 Å². The van der Waals surface area contributed by atoms with Gasteiger partial charge in [0, 0.05) is 6.54 Å². The van der Waals surface area contributed by atoms with E-state index in [-0.39, 0.29) is 0 Å². The van der Waals surface area contributed by atoms with Gasteiger partial charge in [0.25, 0.3) is 0 Å². The molecule has 21 heavy (non-hydrogen) atoms. The highest BCUT2D eigenvalue weighted by molar-refractivity contribution is 5.14. The Kier molecular flexibility index (Phi) is 5.96. The summed E-state index contributed by atoms with van der Waals surface area (Å²) in [5.41, 5.74) is 2.34. The minimum atomic E-state index is 0.705. The van der Waals surface area contributed by atoms with E-state index in [9.17, 15) is 0 Å². The maximum absolute atomic E-state index is 5.54. The molecular formula is C17H25N3O. The van der Waals surface area contributed by atoms with Crippen LogP contribution < -0.4 is 5.32 Å². The lowest BCUT2D eigenvalue weighted by molar-refractivity contribution is 0.318. The predicted molar refractivity (Wildman–Crippen MR) is 85.1 cm³/mol. The monoisotopic (exact) mass is 287 g/mol. The number of nitrogens with zero attached hydrogens (tertiary/aromatic N) is 2. The van der Waals surface area contributed by atoms with E-state index in [0.717, 1.165) is 43.4 Å². The summed E-state index contributed by atoms with van der Waals surface area (Å²) in [6, 6.07) is 10.6. The fourth-order valence-corrected chi connectivity index (χ4v) is 2.26. The van der Waals surface area contributed by atoms with Crippen molar-refractivity contribution in [1.29, 1.82) is 0 Å². The van der Waals surface area contributed by atoms with Crippen LogP contribution in [0, 0.1) is 13.8 Å². The van der Waals surface area contributed by atoms with E-state index in [4.69, 9.17) is 4.42 Å². The number of rotatable bonds is 8. The first-order valence-corrected chi connectivity index (χ1v) is 7.51. The van der Waals surface area contributed by atoms with E-state index in [1.54, 1.807) is 0 Å². The summed E-state index contributed by atoms with van der Waals surface area (Å²) in [4.78, 5) is 6.70. The van der Waals surface area contributed by atoms with Crippen molar-refractivity contribution in [2.45, 2.75) is 33.4 Å². The molecule has 0 fully saturated rings. The smallest absolute Gasteiger partial charge is 0.208 e. The van der Waals surface area contributed by atoms with Gasteiger partial charge in [-0.15, -0.1) is 0 Å². The molecular weight excluding hydrogens is 262 g/mol. The molecule has 0 radical (unpaired) electrons. The number of oxazole rings is 1. The first-order valence-electron chi connectivity index (χ1n) is 7.51. The van der Waals surface area contributed by atoms with Crippen LogP contribution in [0.5, 0.6) is 0 Å². The highest BCUT2D eigenvalue weighted by atomic mass is 16.4. The maximum atomic E-state index is 5.54. The average molecular weight is 287 g/mol. The molecule has 0 saturated carbocycles. The molecule has 1 N–H and O–H groups in total. The van der Waals surface area contributed by atoms with Crippen molar-refractivity contribution in [2.75, 3.05) is 20.1 Å². The lowest BCUT2D eigenvalue weighted by atomic mass is 10.2.